The highest BCUT2D eigenvalue weighted by atomic mass is 16.5. The molecule has 1 aromatic heterocycles. The monoisotopic (exact) mass is 429 g/mol. The lowest BCUT2D eigenvalue weighted by atomic mass is 9.79. The smallest absolute Gasteiger partial charge is 0.253 e. The number of benzene rings is 2. The zero-order valence-electron chi connectivity index (χ0n) is 18.2. The van der Waals surface area contributed by atoms with E-state index in [0.29, 0.717) is 25.3 Å². The molecular weight excluding hydrogens is 402 g/mol. The fourth-order valence-electron chi connectivity index (χ4n) is 5.62. The molecule has 1 atom stereocenters. The minimum absolute atomic E-state index is 0.0776. The third-order valence-corrected chi connectivity index (χ3v) is 7.32. The maximum absolute atomic E-state index is 13.0. The quantitative estimate of drug-likeness (QED) is 0.663. The Bertz CT molecular complexity index is 1160. The number of anilines is 1. The first kappa shape index (κ1) is 19.4. The Morgan fingerprint density at radius 3 is 2.59 bits per heavy atom. The molecular formula is C26H27N3O3. The van der Waals surface area contributed by atoms with Crippen LogP contribution in [0, 0.1) is 0 Å². The van der Waals surface area contributed by atoms with Crippen LogP contribution in [-0.2, 0) is 10.3 Å². The van der Waals surface area contributed by atoms with E-state index in [4.69, 9.17) is 9.47 Å². The normalized spacial score (nSPS) is 23.0. The van der Waals surface area contributed by atoms with Crippen molar-refractivity contribution in [1.82, 2.24) is 9.47 Å². The number of likely N-dealkylation sites (tertiary alicyclic amines) is 1. The molecule has 0 saturated carbocycles. The highest BCUT2D eigenvalue weighted by Gasteiger charge is 2.54. The summed E-state index contributed by atoms with van der Waals surface area (Å²) in [6, 6.07) is 20.1. The third-order valence-electron chi connectivity index (χ3n) is 7.32. The van der Waals surface area contributed by atoms with Gasteiger partial charge in [-0.1, -0.05) is 12.1 Å². The minimum atomic E-state index is -0.236. The molecule has 0 radical (unpaired) electrons. The molecule has 0 unspecified atom stereocenters. The number of methoxy groups -OCH3 is 1. The highest BCUT2D eigenvalue weighted by Crippen LogP contribution is 2.50. The molecule has 6 rings (SSSR count). The van der Waals surface area contributed by atoms with Crippen molar-refractivity contribution in [2.45, 2.75) is 30.4 Å². The highest BCUT2D eigenvalue weighted by molar-refractivity contribution is 5.94. The van der Waals surface area contributed by atoms with E-state index in [1.807, 2.05) is 29.2 Å². The molecule has 2 fully saturated rings. The average molecular weight is 430 g/mol. The number of rotatable bonds is 2. The molecule has 1 N–H and O–H groups in total. The fourth-order valence-corrected chi connectivity index (χ4v) is 5.62. The van der Waals surface area contributed by atoms with Gasteiger partial charge in [-0.2, -0.15) is 0 Å². The second kappa shape index (κ2) is 7.14. The van der Waals surface area contributed by atoms with E-state index in [-0.39, 0.29) is 17.0 Å². The van der Waals surface area contributed by atoms with Gasteiger partial charge in [-0.15, -0.1) is 0 Å². The van der Waals surface area contributed by atoms with Gasteiger partial charge in [-0.05, 0) is 61.4 Å². The molecule has 2 spiro atoms. The molecule has 6 heteroatoms. The summed E-state index contributed by atoms with van der Waals surface area (Å²) in [7, 11) is 1.63. The van der Waals surface area contributed by atoms with Crippen molar-refractivity contribution in [3.8, 4) is 11.4 Å². The largest absolute Gasteiger partial charge is 0.497 e. The summed E-state index contributed by atoms with van der Waals surface area (Å²) < 4.78 is 14.0. The summed E-state index contributed by atoms with van der Waals surface area (Å²) in [4.78, 5) is 14.9. The van der Waals surface area contributed by atoms with Gasteiger partial charge in [-0.3, -0.25) is 4.79 Å². The van der Waals surface area contributed by atoms with Crippen LogP contribution in [0.15, 0.2) is 66.9 Å². The summed E-state index contributed by atoms with van der Waals surface area (Å²) in [5.41, 5.74) is 3.84. The second-order valence-corrected chi connectivity index (χ2v) is 9.16. The standard InChI is InChI=1S/C26H27N3O3/c1-31-20-10-8-19(9-11-20)24(30)28-15-12-25(13-16-28)17-26(18-32-25)23-7-4-14-29(23)22-6-3-2-5-21(22)27-26/h2-11,14,27H,12-13,15-18H2,1H3/t26-/m1/s1. The van der Waals surface area contributed by atoms with E-state index in [0.717, 1.165) is 30.7 Å². The number of hydrogen-bond acceptors (Lipinski definition) is 4. The summed E-state index contributed by atoms with van der Waals surface area (Å²) in [5.74, 6) is 0.837. The van der Waals surface area contributed by atoms with Gasteiger partial charge in [-0.25, -0.2) is 0 Å². The predicted molar refractivity (Wildman–Crippen MR) is 123 cm³/mol. The van der Waals surface area contributed by atoms with Crippen LogP contribution in [0.4, 0.5) is 5.69 Å². The van der Waals surface area contributed by atoms with Crippen molar-refractivity contribution in [1.29, 1.82) is 0 Å². The number of para-hydroxylation sites is 2. The number of carbonyl (C=O) groups is 1. The average Bonchev–Trinajstić information content (AvgIpc) is 3.47. The number of aromatic nitrogens is 1. The number of fused-ring (bicyclic) bond motifs is 4. The van der Waals surface area contributed by atoms with Crippen LogP contribution < -0.4 is 10.1 Å². The van der Waals surface area contributed by atoms with Crippen LogP contribution in [-0.4, -0.2) is 47.8 Å². The Morgan fingerprint density at radius 2 is 1.81 bits per heavy atom. The van der Waals surface area contributed by atoms with Crippen LogP contribution in [0.25, 0.3) is 5.69 Å². The molecule has 2 aromatic carbocycles. The summed E-state index contributed by atoms with van der Waals surface area (Å²) in [6.07, 6.45) is 4.74. The summed E-state index contributed by atoms with van der Waals surface area (Å²) in [6.45, 7) is 2.05. The Balaban J connectivity index is 1.20. The van der Waals surface area contributed by atoms with E-state index in [2.05, 4.69) is 52.5 Å². The van der Waals surface area contributed by atoms with Crippen molar-refractivity contribution in [3.05, 3.63) is 78.1 Å². The zero-order chi connectivity index (χ0) is 21.8. The molecule has 32 heavy (non-hydrogen) atoms. The SMILES string of the molecule is COc1ccc(C(=O)N2CCC3(CC2)C[C@]2(CO3)Nc3ccccc3-n3cccc32)cc1. The van der Waals surface area contributed by atoms with Gasteiger partial charge in [0.2, 0.25) is 0 Å². The van der Waals surface area contributed by atoms with Crippen molar-refractivity contribution < 1.29 is 14.3 Å². The first-order chi connectivity index (χ1) is 15.6. The maximum atomic E-state index is 13.0. The molecule has 3 aromatic rings. The predicted octanol–water partition coefficient (Wildman–Crippen LogP) is 4.20. The molecule has 6 nitrogen and oxygen atoms in total. The Hall–Kier alpha value is -3.25. The van der Waals surface area contributed by atoms with E-state index in [1.54, 1.807) is 7.11 Å². The number of piperidine rings is 1. The Labute approximate surface area is 187 Å². The molecule has 2 saturated heterocycles. The van der Waals surface area contributed by atoms with Crippen LogP contribution in [0.3, 0.4) is 0 Å². The fraction of sp³-hybridized carbons (Fsp3) is 0.346. The molecule has 0 aliphatic carbocycles. The number of carbonyl (C=O) groups excluding carboxylic acids is 1. The summed E-state index contributed by atoms with van der Waals surface area (Å²) >= 11 is 0. The molecule has 0 bridgehead atoms. The molecule has 164 valence electrons. The van der Waals surface area contributed by atoms with Crippen molar-refractivity contribution >= 4 is 11.6 Å². The number of nitrogens with zero attached hydrogens (tertiary/aromatic N) is 2. The topological polar surface area (TPSA) is 55.7 Å². The number of ether oxygens (including phenoxy) is 2. The lowest BCUT2D eigenvalue weighted by molar-refractivity contribution is -0.0392. The van der Waals surface area contributed by atoms with Gasteiger partial charge < -0.3 is 24.3 Å². The van der Waals surface area contributed by atoms with E-state index in [9.17, 15) is 4.79 Å². The first-order valence-corrected chi connectivity index (χ1v) is 11.2. The Kier molecular flexibility index (Phi) is 4.33. The lowest BCUT2D eigenvalue weighted by Gasteiger charge is -2.41. The van der Waals surface area contributed by atoms with Gasteiger partial charge in [0.15, 0.2) is 0 Å². The van der Waals surface area contributed by atoms with Crippen LogP contribution in [0.5, 0.6) is 5.75 Å². The maximum Gasteiger partial charge on any atom is 0.253 e. The molecule has 3 aliphatic heterocycles. The molecule has 3 aliphatic rings. The van der Waals surface area contributed by atoms with Crippen molar-refractivity contribution in [3.63, 3.8) is 0 Å². The van der Waals surface area contributed by atoms with Gasteiger partial charge >= 0.3 is 0 Å². The van der Waals surface area contributed by atoms with E-state index < -0.39 is 0 Å². The lowest BCUT2D eigenvalue weighted by Crippen LogP contribution is -2.48. The first-order valence-electron chi connectivity index (χ1n) is 11.2. The van der Waals surface area contributed by atoms with Crippen molar-refractivity contribution in [2.24, 2.45) is 0 Å². The minimum Gasteiger partial charge on any atom is -0.497 e. The molecule has 4 heterocycles. The van der Waals surface area contributed by atoms with Gasteiger partial charge in [0.05, 0.1) is 36.4 Å². The van der Waals surface area contributed by atoms with Crippen LogP contribution in [0.1, 0.15) is 35.3 Å². The van der Waals surface area contributed by atoms with Crippen LogP contribution in [0.2, 0.25) is 0 Å². The number of hydrogen-bond donors (Lipinski definition) is 1. The molecule has 1 amide bonds. The number of nitrogens with one attached hydrogen (secondary N) is 1. The van der Waals surface area contributed by atoms with Crippen LogP contribution >= 0.6 is 0 Å². The number of amides is 1. The zero-order valence-corrected chi connectivity index (χ0v) is 18.2. The van der Waals surface area contributed by atoms with Crippen molar-refractivity contribution in [2.75, 3.05) is 32.1 Å². The van der Waals surface area contributed by atoms with E-state index >= 15 is 0 Å². The van der Waals surface area contributed by atoms with Gasteiger partial charge in [0.1, 0.15) is 11.3 Å². The summed E-state index contributed by atoms with van der Waals surface area (Å²) in [5, 5.41) is 3.82. The van der Waals surface area contributed by atoms with Gasteiger partial charge in [0, 0.05) is 31.3 Å². The van der Waals surface area contributed by atoms with E-state index in [1.165, 1.54) is 11.4 Å². The second-order valence-electron chi connectivity index (χ2n) is 9.16. The van der Waals surface area contributed by atoms with Gasteiger partial charge in [0.25, 0.3) is 5.91 Å². The Morgan fingerprint density at radius 1 is 1.03 bits per heavy atom. The third kappa shape index (κ3) is 2.93.